The van der Waals surface area contributed by atoms with E-state index in [-0.39, 0.29) is 18.0 Å². The number of hydrogen-bond acceptors (Lipinski definition) is 4. The molecule has 0 heterocycles. The largest absolute Gasteiger partial charge is 0.496 e. The van der Waals surface area contributed by atoms with Crippen LogP contribution in [0.1, 0.15) is 70.6 Å². The number of para-hydroxylation sites is 1. The van der Waals surface area contributed by atoms with Crippen LogP contribution < -0.4 is 15.8 Å². The van der Waals surface area contributed by atoms with Crippen LogP contribution in [-0.2, 0) is 11.3 Å². The number of amides is 1. The van der Waals surface area contributed by atoms with Gasteiger partial charge in [-0.2, -0.15) is 0 Å². The van der Waals surface area contributed by atoms with E-state index < -0.39 is 5.54 Å². The summed E-state index contributed by atoms with van der Waals surface area (Å²) in [6, 6.07) is 16.3. The van der Waals surface area contributed by atoms with Crippen molar-refractivity contribution in [1.82, 2.24) is 10.2 Å². The van der Waals surface area contributed by atoms with Gasteiger partial charge in [0.1, 0.15) is 5.75 Å². The van der Waals surface area contributed by atoms with Crippen LogP contribution in [0.5, 0.6) is 5.75 Å². The number of allylic oxidation sites excluding steroid dienone is 2. The first-order chi connectivity index (χ1) is 17.1. The second kappa shape index (κ2) is 13.3. The summed E-state index contributed by atoms with van der Waals surface area (Å²) in [5.41, 5.74) is 11.0. The van der Waals surface area contributed by atoms with Crippen LogP contribution in [0.25, 0.3) is 5.57 Å². The Morgan fingerprint density at radius 1 is 1.17 bits per heavy atom. The van der Waals surface area contributed by atoms with Gasteiger partial charge in [-0.05, 0) is 69.7 Å². The van der Waals surface area contributed by atoms with Gasteiger partial charge in [-0.1, -0.05) is 69.0 Å². The standard InChI is InChI=1S/C31H45N3O2/c1-9-23(5)34(21-25-17-13-15-19-29(25)36-8)28(11-3)27(33-30(35)31(6,7)32)20-24(10-2)26-18-14-12-16-22(26)4/h10,12-19,27-28H,5,9,11,20-21,32H2,1-4,6-8H3,(H,33,35)/b24-10-/t27-,28?/m1/s1. The highest BCUT2D eigenvalue weighted by molar-refractivity contribution is 5.85. The topological polar surface area (TPSA) is 67.6 Å². The third-order valence-electron chi connectivity index (χ3n) is 6.81. The summed E-state index contributed by atoms with van der Waals surface area (Å²) >= 11 is 0. The number of methoxy groups -OCH3 is 1. The molecule has 1 amide bonds. The number of ether oxygens (including phenoxy) is 1. The second-order valence-corrected chi connectivity index (χ2v) is 9.97. The summed E-state index contributed by atoms with van der Waals surface area (Å²) in [5, 5.41) is 3.32. The van der Waals surface area contributed by atoms with Crippen molar-refractivity contribution >= 4 is 11.5 Å². The number of rotatable bonds is 13. The number of hydrogen-bond donors (Lipinski definition) is 2. The summed E-state index contributed by atoms with van der Waals surface area (Å²) < 4.78 is 5.64. The molecule has 2 rings (SSSR count). The fraction of sp³-hybridized carbons (Fsp3) is 0.452. The first kappa shape index (κ1) is 29.2. The molecule has 2 aromatic rings. The Bertz CT molecular complexity index is 1050. The van der Waals surface area contributed by atoms with Crippen molar-refractivity contribution in [3.05, 3.63) is 83.6 Å². The average molecular weight is 492 g/mol. The van der Waals surface area contributed by atoms with Crippen molar-refractivity contribution in [1.29, 1.82) is 0 Å². The molecule has 5 nitrogen and oxygen atoms in total. The molecule has 1 unspecified atom stereocenters. The molecule has 0 aromatic heterocycles. The number of aryl methyl sites for hydroxylation is 1. The average Bonchev–Trinajstić information content (AvgIpc) is 2.86. The molecule has 0 aliphatic heterocycles. The summed E-state index contributed by atoms with van der Waals surface area (Å²) in [4.78, 5) is 15.5. The Morgan fingerprint density at radius 3 is 2.36 bits per heavy atom. The molecule has 0 spiro atoms. The van der Waals surface area contributed by atoms with Crippen LogP contribution in [0.2, 0.25) is 0 Å². The summed E-state index contributed by atoms with van der Waals surface area (Å²) in [6.45, 7) is 17.0. The number of nitrogens with zero attached hydrogens (tertiary/aromatic N) is 1. The quantitative estimate of drug-likeness (QED) is 0.349. The molecule has 0 saturated heterocycles. The Kier molecular flexibility index (Phi) is 10.8. The highest BCUT2D eigenvalue weighted by atomic mass is 16.5. The minimum Gasteiger partial charge on any atom is -0.496 e. The van der Waals surface area contributed by atoms with E-state index in [0.29, 0.717) is 13.0 Å². The molecule has 0 aliphatic carbocycles. The predicted octanol–water partition coefficient (Wildman–Crippen LogP) is 6.22. The third kappa shape index (κ3) is 7.47. The van der Waals surface area contributed by atoms with E-state index in [9.17, 15) is 4.79 Å². The highest BCUT2D eigenvalue weighted by Crippen LogP contribution is 2.30. The van der Waals surface area contributed by atoms with Crippen LogP contribution >= 0.6 is 0 Å². The number of benzene rings is 2. The van der Waals surface area contributed by atoms with Crippen LogP contribution in [0.4, 0.5) is 0 Å². The number of carbonyl (C=O) groups is 1. The van der Waals surface area contributed by atoms with Gasteiger partial charge in [-0.3, -0.25) is 4.79 Å². The molecule has 0 saturated carbocycles. The van der Waals surface area contributed by atoms with Gasteiger partial charge in [0.25, 0.3) is 0 Å². The summed E-state index contributed by atoms with van der Waals surface area (Å²) in [7, 11) is 1.70. The van der Waals surface area contributed by atoms with Crippen molar-refractivity contribution in [2.45, 2.75) is 85.0 Å². The van der Waals surface area contributed by atoms with E-state index in [1.807, 2.05) is 18.2 Å². The zero-order valence-corrected chi connectivity index (χ0v) is 23.2. The lowest BCUT2D eigenvalue weighted by Crippen LogP contribution is -2.57. The Morgan fingerprint density at radius 2 is 1.81 bits per heavy atom. The molecule has 5 heteroatoms. The lowest BCUT2D eigenvalue weighted by atomic mass is 9.89. The highest BCUT2D eigenvalue weighted by Gasteiger charge is 2.33. The van der Waals surface area contributed by atoms with Crippen molar-refractivity contribution in [3.63, 3.8) is 0 Å². The van der Waals surface area contributed by atoms with Gasteiger partial charge in [0.15, 0.2) is 0 Å². The van der Waals surface area contributed by atoms with Crippen LogP contribution in [0.15, 0.2) is 66.9 Å². The maximum absolute atomic E-state index is 13.2. The third-order valence-corrected chi connectivity index (χ3v) is 6.81. The van der Waals surface area contributed by atoms with E-state index in [1.54, 1.807) is 21.0 Å². The van der Waals surface area contributed by atoms with Gasteiger partial charge >= 0.3 is 0 Å². The number of nitrogens with two attached hydrogens (primary N) is 1. The minimum absolute atomic E-state index is 0.00707. The van der Waals surface area contributed by atoms with E-state index in [1.165, 1.54) is 16.7 Å². The van der Waals surface area contributed by atoms with Crippen molar-refractivity contribution in [3.8, 4) is 5.75 Å². The Balaban J connectivity index is 2.53. The van der Waals surface area contributed by atoms with E-state index in [2.05, 4.69) is 80.9 Å². The lowest BCUT2D eigenvalue weighted by molar-refractivity contribution is -0.126. The maximum Gasteiger partial charge on any atom is 0.239 e. The van der Waals surface area contributed by atoms with Crippen LogP contribution in [-0.4, -0.2) is 35.5 Å². The zero-order valence-electron chi connectivity index (χ0n) is 23.2. The van der Waals surface area contributed by atoms with Gasteiger partial charge in [0, 0.05) is 23.8 Å². The predicted molar refractivity (Wildman–Crippen MR) is 152 cm³/mol. The monoisotopic (exact) mass is 491 g/mol. The lowest BCUT2D eigenvalue weighted by Gasteiger charge is -2.41. The normalized spacial score (nSPS) is 13.6. The fourth-order valence-electron chi connectivity index (χ4n) is 4.60. The van der Waals surface area contributed by atoms with Crippen molar-refractivity contribution < 1.29 is 9.53 Å². The zero-order chi connectivity index (χ0) is 26.9. The number of nitrogens with one attached hydrogen (secondary N) is 1. The Hall–Kier alpha value is -3.05. The van der Waals surface area contributed by atoms with E-state index in [4.69, 9.17) is 10.5 Å². The number of carbonyl (C=O) groups excluding carboxylic acids is 1. The summed E-state index contributed by atoms with van der Waals surface area (Å²) in [6.07, 6.45) is 4.47. The minimum atomic E-state index is -0.982. The molecule has 0 radical (unpaired) electrons. The van der Waals surface area contributed by atoms with Crippen molar-refractivity contribution in [2.24, 2.45) is 5.73 Å². The molecule has 0 aliphatic rings. The SMILES string of the molecule is C=C(CC)N(Cc1ccccc1OC)C(CC)[C@@H](C/C(=C/C)c1ccccc1C)NC(=O)C(C)(C)N. The van der Waals surface area contributed by atoms with Crippen LogP contribution in [0, 0.1) is 6.92 Å². The van der Waals surface area contributed by atoms with Crippen molar-refractivity contribution in [2.75, 3.05) is 7.11 Å². The summed E-state index contributed by atoms with van der Waals surface area (Å²) in [5.74, 6) is 0.685. The van der Waals surface area contributed by atoms with Gasteiger partial charge in [-0.15, -0.1) is 0 Å². The second-order valence-electron chi connectivity index (χ2n) is 9.97. The maximum atomic E-state index is 13.2. The smallest absolute Gasteiger partial charge is 0.239 e. The van der Waals surface area contributed by atoms with Gasteiger partial charge in [0.2, 0.25) is 5.91 Å². The molecule has 2 aromatic carbocycles. The fourth-order valence-corrected chi connectivity index (χ4v) is 4.60. The van der Waals surface area contributed by atoms with Crippen LogP contribution in [0.3, 0.4) is 0 Å². The molecule has 196 valence electrons. The van der Waals surface area contributed by atoms with E-state index >= 15 is 0 Å². The molecule has 0 bridgehead atoms. The molecule has 0 fully saturated rings. The van der Waals surface area contributed by atoms with Gasteiger partial charge in [-0.25, -0.2) is 0 Å². The molecule has 3 N–H and O–H groups in total. The molecule has 36 heavy (non-hydrogen) atoms. The Labute approximate surface area is 218 Å². The van der Waals surface area contributed by atoms with Gasteiger partial charge < -0.3 is 20.7 Å². The molecule has 2 atom stereocenters. The molecular weight excluding hydrogens is 446 g/mol. The van der Waals surface area contributed by atoms with E-state index in [0.717, 1.165) is 29.9 Å². The molecular formula is C31H45N3O2. The van der Waals surface area contributed by atoms with Gasteiger partial charge in [0.05, 0.1) is 18.7 Å². The first-order valence-corrected chi connectivity index (χ1v) is 12.9. The first-order valence-electron chi connectivity index (χ1n) is 12.9.